The van der Waals surface area contributed by atoms with Crippen LogP contribution in [0.2, 0.25) is 0 Å². The van der Waals surface area contributed by atoms with Crippen LogP contribution in [-0.4, -0.2) is 38.8 Å². The van der Waals surface area contributed by atoms with Crippen molar-refractivity contribution < 1.29 is 14.3 Å². The fourth-order valence-electron chi connectivity index (χ4n) is 1.68. The number of esters is 1. The Morgan fingerprint density at radius 1 is 1.43 bits per heavy atom. The number of hydrogen-bond acceptors (Lipinski definition) is 4. The van der Waals surface area contributed by atoms with Gasteiger partial charge in [0.1, 0.15) is 0 Å². The number of ether oxygens (including phenoxy) is 2. The van der Waals surface area contributed by atoms with E-state index in [-0.39, 0.29) is 5.97 Å². The standard InChI is InChI=1S/C15H23N3O3/c1-3-21-9-5-8-17-15(16)18-11-12-6-4-7-13(10-12)14(19)20-2/h4,6-7,10H,3,5,8-9,11H2,1-2H3,(H3,16,17,18). The topological polar surface area (TPSA) is 85.9 Å². The number of carbonyl (C=O) groups is 1. The van der Waals surface area contributed by atoms with Crippen LogP contribution in [0.25, 0.3) is 0 Å². The van der Waals surface area contributed by atoms with E-state index in [0.29, 0.717) is 24.7 Å². The molecule has 0 atom stereocenters. The van der Waals surface area contributed by atoms with E-state index in [1.54, 1.807) is 18.2 Å². The van der Waals surface area contributed by atoms with Gasteiger partial charge in [0.15, 0.2) is 5.96 Å². The summed E-state index contributed by atoms with van der Waals surface area (Å²) in [5.41, 5.74) is 7.17. The maximum atomic E-state index is 11.4. The minimum absolute atomic E-state index is 0.358. The quantitative estimate of drug-likeness (QED) is 0.326. The molecule has 1 aromatic carbocycles. The molecule has 6 heteroatoms. The van der Waals surface area contributed by atoms with Crippen LogP contribution in [0.1, 0.15) is 29.3 Å². The highest BCUT2D eigenvalue weighted by atomic mass is 16.5. The van der Waals surface area contributed by atoms with Crippen molar-refractivity contribution in [1.82, 2.24) is 5.32 Å². The molecule has 0 fully saturated rings. The van der Waals surface area contributed by atoms with E-state index in [4.69, 9.17) is 10.5 Å². The Hall–Kier alpha value is -2.08. The molecule has 0 bridgehead atoms. The molecular weight excluding hydrogens is 270 g/mol. The third kappa shape index (κ3) is 6.76. The highest BCUT2D eigenvalue weighted by Crippen LogP contribution is 2.07. The summed E-state index contributed by atoms with van der Waals surface area (Å²) in [4.78, 5) is 15.7. The van der Waals surface area contributed by atoms with E-state index < -0.39 is 0 Å². The lowest BCUT2D eigenvalue weighted by molar-refractivity contribution is 0.0600. The largest absolute Gasteiger partial charge is 0.465 e. The van der Waals surface area contributed by atoms with E-state index in [9.17, 15) is 4.79 Å². The van der Waals surface area contributed by atoms with Gasteiger partial charge in [0, 0.05) is 19.8 Å². The molecule has 0 aliphatic heterocycles. The molecule has 0 saturated heterocycles. The molecule has 0 radical (unpaired) electrons. The van der Waals surface area contributed by atoms with Crippen LogP contribution >= 0.6 is 0 Å². The van der Waals surface area contributed by atoms with Crippen molar-refractivity contribution in [3.05, 3.63) is 35.4 Å². The summed E-state index contributed by atoms with van der Waals surface area (Å²) in [6, 6.07) is 7.13. The van der Waals surface area contributed by atoms with E-state index in [1.165, 1.54) is 7.11 Å². The highest BCUT2D eigenvalue weighted by molar-refractivity contribution is 5.89. The van der Waals surface area contributed by atoms with Crippen LogP contribution in [0, 0.1) is 0 Å². The SMILES string of the molecule is CCOCCCNC(N)=NCc1cccc(C(=O)OC)c1. The number of methoxy groups -OCH3 is 1. The molecule has 0 aromatic heterocycles. The van der Waals surface area contributed by atoms with Gasteiger partial charge in [0.05, 0.1) is 19.2 Å². The first-order valence-corrected chi connectivity index (χ1v) is 6.96. The summed E-state index contributed by atoms with van der Waals surface area (Å²) in [5.74, 6) is 0.0258. The van der Waals surface area contributed by atoms with Gasteiger partial charge in [-0.2, -0.15) is 0 Å². The predicted octanol–water partition coefficient (Wildman–Crippen LogP) is 1.30. The first-order chi connectivity index (χ1) is 10.2. The Morgan fingerprint density at radius 3 is 2.95 bits per heavy atom. The van der Waals surface area contributed by atoms with E-state index in [1.807, 2.05) is 13.0 Å². The summed E-state index contributed by atoms with van der Waals surface area (Å²) in [6.07, 6.45) is 0.877. The van der Waals surface area contributed by atoms with Crippen molar-refractivity contribution in [3.63, 3.8) is 0 Å². The van der Waals surface area contributed by atoms with Gasteiger partial charge in [-0.25, -0.2) is 9.79 Å². The molecule has 0 amide bonds. The molecular formula is C15H23N3O3. The molecule has 0 aliphatic rings. The minimum atomic E-state index is -0.358. The average Bonchev–Trinajstić information content (AvgIpc) is 2.52. The number of rotatable bonds is 8. The van der Waals surface area contributed by atoms with Crippen molar-refractivity contribution in [1.29, 1.82) is 0 Å². The zero-order valence-electron chi connectivity index (χ0n) is 12.6. The summed E-state index contributed by atoms with van der Waals surface area (Å²) in [6.45, 7) is 4.52. The second-order valence-electron chi connectivity index (χ2n) is 4.37. The number of benzene rings is 1. The van der Waals surface area contributed by atoms with E-state index >= 15 is 0 Å². The van der Waals surface area contributed by atoms with Crippen LogP contribution in [0.4, 0.5) is 0 Å². The van der Waals surface area contributed by atoms with Gasteiger partial charge >= 0.3 is 5.97 Å². The maximum absolute atomic E-state index is 11.4. The van der Waals surface area contributed by atoms with Crippen LogP contribution in [-0.2, 0) is 16.0 Å². The lowest BCUT2D eigenvalue weighted by Gasteiger charge is -2.06. The molecule has 116 valence electrons. The Labute approximate surface area is 125 Å². The third-order valence-electron chi connectivity index (χ3n) is 2.76. The van der Waals surface area contributed by atoms with Gasteiger partial charge in [-0.3, -0.25) is 0 Å². The Bertz CT molecular complexity index is 475. The highest BCUT2D eigenvalue weighted by Gasteiger charge is 2.05. The zero-order chi connectivity index (χ0) is 15.5. The van der Waals surface area contributed by atoms with Crippen molar-refractivity contribution in [3.8, 4) is 0 Å². The van der Waals surface area contributed by atoms with Crippen molar-refractivity contribution in [2.45, 2.75) is 19.9 Å². The number of aliphatic imine (C=N–C) groups is 1. The molecule has 21 heavy (non-hydrogen) atoms. The van der Waals surface area contributed by atoms with Crippen molar-refractivity contribution >= 4 is 11.9 Å². The van der Waals surface area contributed by atoms with Gasteiger partial charge in [-0.15, -0.1) is 0 Å². The minimum Gasteiger partial charge on any atom is -0.465 e. The molecule has 6 nitrogen and oxygen atoms in total. The Balaban J connectivity index is 2.42. The first-order valence-electron chi connectivity index (χ1n) is 6.96. The summed E-state index contributed by atoms with van der Waals surface area (Å²) in [5, 5.41) is 3.02. The monoisotopic (exact) mass is 293 g/mol. The second-order valence-corrected chi connectivity index (χ2v) is 4.37. The fourth-order valence-corrected chi connectivity index (χ4v) is 1.68. The number of nitrogens with two attached hydrogens (primary N) is 1. The number of carbonyl (C=O) groups excluding carboxylic acids is 1. The molecule has 0 unspecified atom stereocenters. The van der Waals surface area contributed by atoms with Gasteiger partial charge in [-0.05, 0) is 31.0 Å². The van der Waals surface area contributed by atoms with Gasteiger partial charge < -0.3 is 20.5 Å². The molecule has 0 saturated carbocycles. The number of guanidine groups is 1. The fraction of sp³-hybridized carbons (Fsp3) is 0.467. The predicted molar refractivity (Wildman–Crippen MR) is 82.2 cm³/mol. The Morgan fingerprint density at radius 2 is 2.24 bits per heavy atom. The molecule has 1 aromatic rings. The van der Waals surface area contributed by atoms with Gasteiger partial charge in [0.2, 0.25) is 0 Å². The van der Waals surface area contributed by atoms with Crippen molar-refractivity contribution in [2.75, 3.05) is 26.9 Å². The number of nitrogens with zero attached hydrogens (tertiary/aromatic N) is 1. The van der Waals surface area contributed by atoms with Crippen LogP contribution < -0.4 is 11.1 Å². The first kappa shape index (κ1) is 17.0. The van der Waals surface area contributed by atoms with Crippen LogP contribution in [0.3, 0.4) is 0 Å². The Kier molecular flexibility index (Phi) is 7.89. The van der Waals surface area contributed by atoms with Crippen molar-refractivity contribution in [2.24, 2.45) is 10.7 Å². The number of nitrogens with one attached hydrogen (secondary N) is 1. The normalized spacial score (nSPS) is 11.2. The van der Waals surface area contributed by atoms with Gasteiger partial charge in [-0.1, -0.05) is 12.1 Å². The van der Waals surface area contributed by atoms with E-state index in [2.05, 4.69) is 15.0 Å². The van der Waals surface area contributed by atoms with E-state index in [0.717, 1.165) is 25.1 Å². The zero-order valence-corrected chi connectivity index (χ0v) is 12.6. The lowest BCUT2D eigenvalue weighted by atomic mass is 10.1. The molecule has 0 heterocycles. The summed E-state index contributed by atoms with van der Waals surface area (Å²) < 4.78 is 9.90. The van der Waals surface area contributed by atoms with Gasteiger partial charge in [0.25, 0.3) is 0 Å². The summed E-state index contributed by atoms with van der Waals surface area (Å²) >= 11 is 0. The molecule has 1 rings (SSSR count). The summed E-state index contributed by atoms with van der Waals surface area (Å²) in [7, 11) is 1.36. The molecule has 0 aliphatic carbocycles. The second kappa shape index (κ2) is 9.77. The van der Waals surface area contributed by atoms with Crippen LogP contribution in [0.15, 0.2) is 29.3 Å². The molecule has 0 spiro atoms. The molecule has 3 N–H and O–H groups in total. The lowest BCUT2D eigenvalue weighted by Crippen LogP contribution is -2.32. The maximum Gasteiger partial charge on any atom is 0.337 e. The average molecular weight is 293 g/mol. The third-order valence-corrected chi connectivity index (χ3v) is 2.76. The number of hydrogen-bond donors (Lipinski definition) is 2. The van der Waals surface area contributed by atoms with Crippen LogP contribution in [0.5, 0.6) is 0 Å². The smallest absolute Gasteiger partial charge is 0.337 e.